The van der Waals surface area contributed by atoms with Crippen molar-refractivity contribution < 1.29 is 15.0 Å². The zero-order valence-corrected chi connectivity index (χ0v) is 8.92. The molecule has 0 amide bonds. The largest absolute Gasteiger partial charge is 0.476 e. The van der Waals surface area contributed by atoms with Crippen molar-refractivity contribution in [3.63, 3.8) is 0 Å². The molecule has 0 saturated carbocycles. The van der Waals surface area contributed by atoms with Crippen molar-refractivity contribution in [3.8, 4) is 0 Å². The smallest absolute Gasteiger partial charge is 0.356 e. The van der Waals surface area contributed by atoms with Gasteiger partial charge >= 0.3 is 5.97 Å². The van der Waals surface area contributed by atoms with Crippen LogP contribution in [-0.2, 0) is 0 Å². The molecule has 16 heavy (non-hydrogen) atoms. The second-order valence-electron chi connectivity index (χ2n) is 3.93. The van der Waals surface area contributed by atoms with Gasteiger partial charge in [0.2, 0.25) is 0 Å². The first-order chi connectivity index (χ1) is 7.58. The number of hydrogen-bond acceptors (Lipinski definition) is 5. The van der Waals surface area contributed by atoms with E-state index in [2.05, 4.69) is 10.2 Å². The van der Waals surface area contributed by atoms with Crippen LogP contribution in [0.5, 0.6) is 0 Å². The molecule has 6 nitrogen and oxygen atoms in total. The van der Waals surface area contributed by atoms with E-state index in [0.717, 1.165) is 6.54 Å². The lowest BCUT2D eigenvalue weighted by Crippen LogP contribution is -2.23. The molecule has 0 bridgehead atoms. The summed E-state index contributed by atoms with van der Waals surface area (Å²) in [5.74, 6) is -0.447. The summed E-state index contributed by atoms with van der Waals surface area (Å²) in [5.41, 5.74) is 0.558. The molecule has 1 saturated heterocycles. The van der Waals surface area contributed by atoms with E-state index < -0.39 is 5.97 Å². The SMILES string of the molecule is Cc1cc(N2CC[C@H](O)C2)nnc1C(=O)O. The number of rotatable bonds is 2. The number of anilines is 1. The van der Waals surface area contributed by atoms with Crippen LogP contribution in [0.2, 0.25) is 0 Å². The molecule has 86 valence electrons. The minimum atomic E-state index is -1.07. The molecule has 2 heterocycles. The van der Waals surface area contributed by atoms with Gasteiger partial charge < -0.3 is 15.1 Å². The number of carbonyl (C=O) groups is 1. The highest BCUT2D eigenvalue weighted by molar-refractivity contribution is 5.87. The fraction of sp³-hybridized carbons (Fsp3) is 0.500. The standard InChI is InChI=1S/C10H13N3O3/c1-6-4-8(11-12-9(6)10(15)16)13-3-2-7(14)5-13/h4,7,14H,2-3,5H2,1H3,(H,15,16)/t7-/m0/s1. The summed E-state index contributed by atoms with van der Waals surface area (Å²) >= 11 is 0. The van der Waals surface area contributed by atoms with Gasteiger partial charge in [0.1, 0.15) is 0 Å². The number of aromatic nitrogens is 2. The summed E-state index contributed by atoms with van der Waals surface area (Å²) < 4.78 is 0. The molecule has 0 aromatic carbocycles. The lowest BCUT2D eigenvalue weighted by atomic mass is 10.2. The Kier molecular flexibility index (Phi) is 2.74. The van der Waals surface area contributed by atoms with Crippen molar-refractivity contribution in [3.05, 3.63) is 17.3 Å². The molecule has 0 spiro atoms. The lowest BCUT2D eigenvalue weighted by molar-refractivity contribution is 0.0688. The first-order valence-corrected chi connectivity index (χ1v) is 5.08. The van der Waals surface area contributed by atoms with E-state index in [0.29, 0.717) is 24.3 Å². The number of carboxylic acid groups (broad SMARTS) is 1. The van der Waals surface area contributed by atoms with Crippen molar-refractivity contribution in [2.75, 3.05) is 18.0 Å². The van der Waals surface area contributed by atoms with E-state index in [-0.39, 0.29) is 11.8 Å². The predicted molar refractivity (Wildman–Crippen MR) is 56.6 cm³/mol. The fourth-order valence-electron chi connectivity index (χ4n) is 1.79. The van der Waals surface area contributed by atoms with Crippen LogP contribution < -0.4 is 4.90 Å². The van der Waals surface area contributed by atoms with Gasteiger partial charge in [-0.3, -0.25) is 0 Å². The van der Waals surface area contributed by atoms with Gasteiger partial charge in [-0.1, -0.05) is 0 Å². The number of aliphatic hydroxyl groups is 1. The minimum absolute atomic E-state index is 0.0245. The third-order valence-electron chi connectivity index (χ3n) is 2.66. The van der Waals surface area contributed by atoms with E-state index >= 15 is 0 Å². The summed E-state index contributed by atoms with van der Waals surface area (Å²) in [6.45, 7) is 2.94. The summed E-state index contributed by atoms with van der Waals surface area (Å²) in [6.07, 6.45) is 0.378. The summed E-state index contributed by atoms with van der Waals surface area (Å²) in [5, 5.41) is 25.7. The maximum absolute atomic E-state index is 10.8. The molecule has 2 N–H and O–H groups in total. The van der Waals surface area contributed by atoms with E-state index in [1.165, 1.54) is 0 Å². The third-order valence-corrected chi connectivity index (χ3v) is 2.66. The molecular weight excluding hydrogens is 210 g/mol. The van der Waals surface area contributed by atoms with Crippen LogP contribution in [0.4, 0.5) is 5.82 Å². The summed E-state index contributed by atoms with van der Waals surface area (Å²) in [4.78, 5) is 12.6. The fourth-order valence-corrected chi connectivity index (χ4v) is 1.79. The Bertz CT molecular complexity index is 422. The van der Waals surface area contributed by atoms with Crippen LogP contribution in [0.3, 0.4) is 0 Å². The quantitative estimate of drug-likeness (QED) is 0.737. The maximum Gasteiger partial charge on any atom is 0.356 e. The van der Waals surface area contributed by atoms with Crippen LogP contribution in [0.15, 0.2) is 6.07 Å². The highest BCUT2D eigenvalue weighted by atomic mass is 16.4. The molecule has 0 radical (unpaired) electrons. The number of aromatic carboxylic acids is 1. The van der Waals surface area contributed by atoms with Crippen LogP contribution in [0.25, 0.3) is 0 Å². The third kappa shape index (κ3) is 1.96. The molecule has 1 aromatic heterocycles. The van der Waals surface area contributed by atoms with Crippen molar-refractivity contribution in [1.82, 2.24) is 10.2 Å². The number of aryl methyl sites for hydroxylation is 1. The van der Waals surface area contributed by atoms with Gasteiger partial charge in [-0.25, -0.2) is 4.79 Å². The van der Waals surface area contributed by atoms with Crippen LogP contribution in [0, 0.1) is 6.92 Å². The molecule has 0 unspecified atom stereocenters. The van der Waals surface area contributed by atoms with Gasteiger partial charge in [0.15, 0.2) is 11.5 Å². The minimum Gasteiger partial charge on any atom is -0.476 e. The second-order valence-corrected chi connectivity index (χ2v) is 3.93. The molecule has 1 aromatic rings. The number of nitrogens with zero attached hydrogens (tertiary/aromatic N) is 3. The number of hydrogen-bond donors (Lipinski definition) is 2. The maximum atomic E-state index is 10.8. The topological polar surface area (TPSA) is 86.5 Å². The zero-order chi connectivity index (χ0) is 11.7. The molecular formula is C10H13N3O3. The van der Waals surface area contributed by atoms with Crippen molar-refractivity contribution in [2.45, 2.75) is 19.4 Å². The number of aliphatic hydroxyl groups excluding tert-OH is 1. The second kappa shape index (κ2) is 4.05. The molecule has 0 aliphatic carbocycles. The Balaban J connectivity index is 2.24. The molecule has 1 atom stereocenters. The number of carboxylic acids is 1. The molecule has 1 aliphatic rings. The molecule has 1 aliphatic heterocycles. The van der Waals surface area contributed by atoms with Crippen molar-refractivity contribution in [1.29, 1.82) is 0 Å². The monoisotopic (exact) mass is 223 g/mol. The zero-order valence-electron chi connectivity index (χ0n) is 8.92. The molecule has 1 fully saturated rings. The van der Waals surface area contributed by atoms with Crippen LogP contribution in [-0.4, -0.2) is 45.6 Å². The highest BCUT2D eigenvalue weighted by Crippen LogP contribution is 2.19. The Hall–Kier alpha value is -1.69. The first-order valence-electron chi connectivity index (χ1n) is 5.08. The summed E-state index contributed by atoms with van der Waals surface area (Å²) in [6, 6.07) is 1.69. The Morgan fingerprint density at radius 2 is 2.31 bits per heavy atom. The Morgan fingerprint density at radius 1 is 1.56 bits per heavy atom. The Morgan fingerprint density at radius 3 is 2.81 bits per heavy atom. The van der Waals surface area contributed by atoms with E-state index in [1.807, 2.05) is 4.90 Å². The normalized spacial score (nSPS) is 20.1. The van der Waals surface area contributed by atoms with E-state index in [1.54, 1.807) is 13.0 Å². The summed E-state index contributed by atoms with van der Waals surface area (Å²) in [7, 11) is 0. The van der Waals surface area contributed by atoms with Gasteiger partial charge in [0, 0.05) is 13.1 Å². The van der Waals surface area contributed by atoms with Crippen molar-refractivity contribution >= 4 is 11.8 Å². The molecule has 2 rings (SSSR count). The number of β-amino-alcohol motifs (C(OH)–C–C–N with tert-alkyl or cyclic N) is 1. The van der Waals surface area contributed by atoms with Gasteiger partial charge in [0.05, 0.1) is 6.10 Å². The van der Waals surface area contributed by atoms with Crippen molar-refractivity contribution in [2.24, 2.45) is 0 Å². The van der Waals surface area contributed by atoms with Gasteiger partial charge in [-0.2, -0.15) is 0 Å². The van der Waals surface area contributed by atoms with Gasteiger partial charge in [-0.05, 0) is 25.0 Å². The lowest BCUT2D eigenvalue weighted by Gasteiger charge is -2.16. The molecule has 6 heteroatoms. The van der Waals surface area contributed by atoms with E-state index in [4.69, 9.17) is 5.11 Å². The predicted octanol–water partition coefficient (Wildman–Crippen LogP) is 0.0542. The average molecular weight is 223 g/mol. The van der Waals surface area contributed by atoms with Gasteiger partial charge in [0.25, 0.3) is 0 Å². The van der Waals surface area contributed by atoms with E-state index in [9.17, 15) is 9.90 Å². The van der Waals surface area contributed by atoms with Crippen LogP contribution >= 0.6 is 0 Å². The van der Waals surface area contributed by atoms with Crippen LogP contribution in [0.1, 0.15) is 22.5 Å². The highest BCUT2D eigenvalue weighted by Gasteiger charge is 2.22. The van der Waals surface area contributed by atoms with Gasteiger partial charge in [-0.15, -0.1) is 10.2 Å². The first kappa shape index (κ1) is 10.8. The average Bonchev–Trinajstić information content (AvgIpc) is 2.64. The Labute approximate surface area is 92.5 Å².